The van der Waals surface area contributed by atoms with Crippen molar-refractivity contribution in [3.63, 3.8) is 0 Å². The summed E-state index contributed by atoms with van der Waals surface area (Å²) in [4.78, 5) is 11.1. The third kappa shape index (κ3) is 1.83. The second kappa shape index (κ2) is 4.04. The second-order valence-electron chi connectivity index (χ2n) is 4.09. The summed E-state index contributed by atoms with van der Waals surface area (Å²) in [6.07, 6.45) is 0. The number of rotatable bonds is 2. The van der Waals surface area contributed by atoms with Crippen LogP contribution in [0.15, 0.2) is 12.1 Å². The first-order valence-electron chi connectivity index (χ1n) is 5.31. The molecule has 4 nitrogen and oxygen atoms in total. The van der Waals surface area contributed by atoms with Crippen LogP contribution in [-0.4, -0.2) is 19.7 Å². The van der Waals surface area contributed by atoms with E-state index < -0.39 is 0 Å². The summed E-state index contributed by atoms with van der Waals surface area (Å²) in [6, 6.07) is 4.05. The van der Waals surface area contributed by atoms with Gasteiger partial charge in [0, 0.05) is 6.54 Å². The highest BCUT2D eigenvalue weighted by molar-refractivity contribution is 5.77. The summed E-state index contributed by atoms with van der Waals surface area (Å²) in [5, 5.41) is 5.65. The van der Waals surface area contributed by atoms with Crippen LogP contribution in [0.1, 0.15) is 22.7 Å². The van der Waals surface area contributed by atoms with Gasteiger partial charge in [-0.25, -0.2) is 4.79 Å². The molecule has 16 heavy (non-hydrogen) atoms. The normalized spacial score (nSPS) is 19.2. The van der Waals surface area contributed by atoms with E-state index in [-0.39, 0.29) is 12.1 Å². The Morgan fingerprint density at radius 1 is 1.31 bits per heavy atom. The van der Waals surface area contributed by atoms with Gasteiger partial charge in [-0.2, -0.15) is 0 Å². The molecule has 1 aromatic carbocycles. The molecule has 1 aliphatic rings. The van der Waals surface area contributed by atoms with Crippen molar-refractivity contribution < 1.29 is 9.53 Å². The molecule has 4 heteroatoms. The molecule has 0 saturated carbocycles. The third-order valence-corrected chi connectivity index (χ3v) is 2.93. The highest BCUT2D eigenvalue weighted by Gasteiger charge is 2.23. The number of carbonyl (C=O) groups excluding carboxylic acids is 1. The summed E-state index contributed by atoms with van der Waals surface area (Å²) in [7, 11) is 1.67. The Bertz CT molecular complexity index is 429. The van der Waals surface area contributed by atoms with Gasteiger partial charge in [0.25, 0.3) is 0 Å². The molecule has 1 aromatic rings. The number of methoxy groups -OCH3 is 1. The number of aryl methyl sites for hydroxylation is 2. The molecule has 2 N–H and O–H groups in total. The number of benzene rings is 1. The third-order valence-electron chi connectivity index (χ3n) is 2.93. The lowest BCUT2D eigenvalue weighted by molar-refractivity contribution is 0.247. The van der Waals surface area contributed by atoms with E-state index in [9.17, 15) is 4.79 Å². The standard InChI is InChI=1S/C12H16N2O2/c1-7-5-11(16-3)8(2)4-9(7)10-6-13-12(15)14-10/h4-5,10H,6H2,1-3H3,(H2,13,14,15). The van der Waals surface area contributed by atoms with Crippen molar-refractivity contribution in [3.05, 3.63) is 28.8 Å². The number of ether oxygens (including phenoxy) is 1. The number of hydrogen-bond donors (Lipinski definition) is 2. The molecule has 1 unspecified atom stereocenters. The van der Waals surface area contributed by atoms with Gasteiger partial charge in [-0.05, 0) is 36.6 Å². The predicted octanol–water partition coefficient (Wildman–Crippen LogP) is 1.67. The van der Waals surface area contributed by atoms with E-state index >= 15 is 0 Å². The van der Waals surface area contributed by atoms with Crippen LogP contribution in [0, 0.1) is 13.8 Å². The van der Waals surface area contributed by atoms with Gasteiger partial charge in [0.1, 0.15) is 5.75 Å². The molecule has 0 radical (unpaired) electrons. The van der Waals surface area contributed by atoms with Crippen molar-refractivity contribution in [2.45, 2.75) is 19.9 Å². The van der Waals surface area contributed by atoms with E-state index in [0.717, 1.165) is 22.4 Å². The van der Waals surface area contributed by atoms with E-state index in [0.29, 0.717) is 6.54 Å². The molecular weight excluding hydrogens is 204 g/mol. The van der Waals surface area contributed by atoms with Crippen LogP contribution in [0.3, 0.4) is 0 Å². The zero-order valence-corrected chi connectivity index (χ0v) is 9.76. The average molecular weight is 220 g/mol. The number of hydrogen-bond acceptors (Lipinski definition) is 2. The van der Waals surface area contributed by atoms with Crippen molar-refractivity contribution >= 4 is 6.03 Å². The molecule has 1 atom stereocenters. The molecule has 1 aliphatic heterocycles. The smallest absolute Gasteiger partial charge is 0.315 e. The lowest BCUT2D eigenvalue weighted by atomic mass is 9.99. The van der Waals surface area contributed by atoms with E-state index in [1.807, 2.05) is 19.9 Å². The highest BCUT2D eigenvalue weighted by atomic mass is 16.5. The van der Waals surface area contributed by atoms with Crippen LogP contribution >= 0.6 is 0 Å². The van der Waals surface area contributed by atoms with Crippen LogP contribution in [0.25, 0.3) is 0 Å². The Morgan fingerprint density at radius 3 is 2.62 bits per heavy atom. The van der Waals surface area contributed by atoms with Gasteiger partial charge in [0.15, 0.2) is 0 Å². The number of carbonyl (C=O) groups is 1. The SMILES string of the molecule is COc1cc(C)c(C2CNC(=O)N2)cc1C. The fourth-order valence-corrected chi connectivity index (χ4v) is 2.05. The maximum atomic E-state index is 11.1. The zero-order chi connectivity index (χ0) is 11.7. The molecule has 0 aromatic heterocycles. The highest BCUT2D eigenvalue weighted by Crippen LogP contribution is 2.27. The van der Waals surface area contributed by atoms with Crippen molar-refractivity contribution in [2.75, 3.05) is 13.7 Å². The van der Waals surface area contributed by atoms with Gasteiger partial charge in [0.2, 0.25) is 0 Å². The molecule has 86 valence electrons. The summed E-state index contributed by atoms with van der Waals surface area (Å²) in [5.74, 6) is 0.888. The van der Waals surface area contributed by atoms with Crippen molar-refractivity contribution in [1.82, 2.24) is 10.6 Å². The summed E-state index contributed by atoms with van der Waals surface area (Å²) < 4.78 is 5.26. The van der Waals surface area contributed by atoms with Gasteiger partial charge in [-0.1, -0.05) is 6.07 Å². The van der Waals surface area contributed by atoms with Gasteiger partial charge in [-0.3, -0.25) is 0 Å². The first-order chi connectivity index (χ1) is 7.61. The van der Waals surface area contributed by atoms with E-state index in [1.54, 1.807) is 7.11 Å². The second-order valence-corrected chi connectivity index (χ2v) is 4.09. The Hall–Kier alpha value is -1.71. The van der Waals surface area contributed by atoms with Crippen molar-refractivity contribution in [1.29, 1.82) is 0 Å². The molecule has 0 bridgehead atoms. The molecular formula is C12H16N2O2. The Kier molecular flexibility index (Phi) is 2.73. The van der Waals surface area contributed by atoms with Gasteiger partial charge in [-0.15, -0.1) is 0 Å². The quantitative estimate of drug-likeness (QED) is 0.796. The van der Waals surface area contributed by atoms with Crippen LogP contribution in [0.4, 0.5) is 4.79 Å². The molecule has 1 heterocycles. The van der Waals surface area contributed by atoms with Crippen LogP contribution in [-0.2, 0) is 0 Å². The molecule has 2 rings (SSSR count). The van der Waals surface area contributed by atoms with E-state index in [4.69, 9.17) is 4.74 Å². The Morgan fingerprint density at radius 2 is 2.06 bits per heavy atom. The largest absolute Gasteiger partial charge is 0.496 e. The van der Waals surface area contributed by atoms with E-state index in [1.165, 1.54) is 0 Å². The van der Waals surface area contributed by atoms with Crippen LogP contribution in [0.2, 0.25) is 0 Å². The van der Waals surface area contributed by atoms with E-state index in [2.05, 4.69) is 16.7 Å². The Balaban J connectivity index is 2.34. The molecule has 0 spiro atoms. The minimum absolute atomic E-state index is 0.0668. The number of nitrogens with one attached hydrogen (secondary N) is 2. The molecule has 2 amide bonds. The lowest BCUT2D eigenvalue weighted by Gasteiger charge is -2.15. The van der Waals surface area contributed by atoms with Crippen molar-refractivity contribution in [2.24, 2.45) is 0 Å². The lowest BCUT2D eigenvalue weighted by Crippen LogP contribution is -2.22. The topological polar surface area (TPSA) is 50.4 Å². The predicted molar refractivity (Wildman–Crippen MR) is 61.7 cm³/mol. The minimum atomic E-state index is -0.0992. The summed E-state index contributed by atoms with van der Waals surface area (Å²) >= 11 is 0. The molecule has 0 aliphatic carbocycles. The van der Waals surface area contributed by atoms with Gasteiger partial charge < -0.3 is 15.4 Å². The first kappa shape index (κ1) is 10.8. The number of urea groups is 1. The summed E-state index contributed by atoms with van der Waals surface area (Å²) in [6.45, 7) is 4.68. The monoisotopic (exact) mass is 220 g/mol. The molecule has 1 saturated heterocycles. The van der Waals surface area contributed by atoms with Crippen molar-refractivity contribution in [3.8, 4) is 5.75 Å². The minimum Gasteiger partial charge on any atom is -0.496 e. The van der Waals surface area contributed by atoms with Crippen LogP contribution < -0.4 is 15.4 Å². The fraction of sp³-hybridized carbons (Fsp3) is 0.417. The zero-order valence-electron chi connectivity index (χ0n) is 9.76. The average Bonchev–Trinajstić information content (AvgIpc) is 2.67. The maximum Gasteiger partial charge on any atom is 0.315 e. The Labute approximate surface area is 95.0 Å². The van der Waals surface area contributed by atoms with Crippen LogP contribution in [0.5, 0.6) is 5.75 Å². The van der Waals surface area contributed by atoms with Gasteiger partial charge >= 0.3 is 6.03 Å². The van der Waals surface area contributed by atoms with Gasteiger partial charge in [0.05, 0.1) is 13.2 Å². The first-order valence-corrected chi connectivity index (χ1v) is 5.31. The fourth-order valence-electron chi connectivity index (χ4n) is 2.05. The number of amides is 2. The maximum absolute atomic E-state index is 11.1. The molecule has 1 fully saturated rings. The summed E-state index contributed by atoms with van der Waals surface area (Å²) in [5.41, 5.74) is 3.37.